The van der Waals surface area contributed by atoms with E-state index in [4.69, 9.17) is 4.74 Å². The second-order valence-electron chi connectivity index (χ2n) is 5.43. The van der Waals surface area contributed by atoms with Gasteiger partial charge >= 0.3 is 0 Å². The third-order valence-corrected chi connectivity index (χ3v) is 3.86. The molecule has 0 aliphatic carbocycles. The molecule has 2 aliphatic heterocycles. The highest BCUT2D eigenvalue weighted by Crippen LogP contribution is 2.08. The molecule has 0 atom stereocenters. The van der Waals surface area contributed by atoms with E-state index < -0.39 is 0 Å². The molecule has 0 aromatic carbocycles. The molecule has 2 heterocycles. The summed E-state index contributed by atoms with van der Waals surface area (Å²) < 4.78 is 5.66. The van der Waals surface area contributed by atoms with Gasteiger partial charge in [-0.25, -0.2) is 0 Å². The summed E-state index contributed by atoms with van der Waals surface area (Å²) in [5.41, 5.74) is 0. The molecule has 2 saturated heterocycles. The van der Waals surface area contributed by atoms with E-state index in [0.29, 0.717) is 13.0 Å². The summed E-state index contributed by atoms with van der Waals surface area (Å²) in [4.78, 5) is 25.2. The average molecular weight is 283 g/mol. The van der Waals surface area contributed by atoms with Gasteiger partial charge in [-0.05, 0) is 38.8 Å². The molecule has 0 aromatic heterocycles. The van der Waals surface area contributed by atoms with E-state index in [1.54, 1.807) is 0 Å². The first-order valence-corrected chi connectivity index (χ1v) is 7.62. The van der Waals surface area contributed by atoms with Crippen molar-refractivity contribution in [3.05, 3.63) is 0 Å². The molecule has 2 rings (SSSR count). The molecule has 0 bridgehead atoms. The maximum Gasteiger partial charge on any atom is 0.241 e. The number of hydrogen-bond acceptors (Lipinski definition) is 4. The smallest absolute Gasteiger partial charge is 0.241 e. The molecule has 0 aromatic rings. The maximum absolute atomic E-state index is 11.7. The Morgan fingerprint density at radius 2 is 1.90 bits per heavy atom. The number of piperidine rings is 1. The van der Waals surface area contributed by atoms with Gasteiger partial charge < -0.3 is 20.3 Å². The Kier molecular flexibility index (Phi) is 6.26. The molecule has 2 fully saturated rings. The van der Waals surface area contributed by atoms with Crippen molar-refractivity contribution in [2.24, 2.45) is 0 Å². The normalized spacial score (nSPS) is 20.1. The molecule has 20 heavy (non-hydrogen) atoms. The number of carbonyl (C=O) groups excluding carboxylic acids is 2. The Balaban J connectivity index is 1.52. The first kappa shape index (κ1) is 15.3. The monoisotopic (exact) mass is 283 g/mol. The van der Waals surface area contributed by atoms with Crippen LogP contribution in [-0.4, -0.2) is 62.1 Å². The number of nitrogens with zero attached hydrogens (tertiary/aromatic N) is 1. The van der Waals surface area contributed by atoms with Gasteiger partial charge in [0.1, 0.15) is 0 Å². The Labute approximate surface area is 120 Å². The zero-order valence-corrected chi connectivity index (χ0v) is 12.0. The van der Waals surface area contributed by atoms with Crippen LogP contribution in [-0.2, 0) is 14.3 Å². The van der Waals surface area contributed by atoms with Gasteiger partial charge in [-0.3, -0.25) is 9.59 Å². The Hall–Kier alpha value is -1.14. The molecular weight excluding hydrogens is 258 g/mol. The molecule has 0 unspecified atom stereocenters. The van der Waals surface area contributed by atoms with Gasteiger partial charge in [-0.1, -0.05) is 0 Å². The van der Waals surface area contributed by atoms with Crippen molar-refractivity contribution < 1.29 is 14.3 Å². The number of nitrogens with one attached hydrogen (secondary N) is 2. The van der Waals surface area contributed by atoms with E-state index in [9.17, 15) is 9.59 Å². The molecule has 6 nitrogen and oxygen atoms in total. The second kappa shape index (κ2) is 8.21. The fourth-order valence-electron chi connectivity index (χ4n) is 2.62. The quantitative estimate of drug-likeness (QED) is 0.713. The topological polar surface area (TPSA) is 70.7 Å². The lowest BCUT2D eigenvalue weighted by Gasteiger charge is -2.22. The van der Waals surface area contributed by atoms with Gasteiger partial charge in [0.05, 0.1) is 19.3 Å². The molecule has 2 aliphatic rings. The Morgan fingerprint density at radius 1 is 1.20 bits per heavy atom. The number of hydrogen-bond donors (Lipinski definition) is 2. The van der Waals surface area contributed by atoms with E-state index in [2.05, 4.69) is 10.6 Å². The van der Waals surface area contributed by atoms with Gasteiger partial charge in [0, 0.05) is 19.5 Å². The first-order valence-electron chi connectivity index (χ1n) is 7.62. The number of likely N-dealkylation sites (tertiary alicyclic amines) is 1. The van der Waals surface area contributed by atoms with Crippen LogP contribution in [0.1, 0.15) is 32.1 Å². The molecule has 2 N–H and O–H groups in total. The number of rotatable bonds is 6. The van der Waals surface area contributed by atoms with Crippen molar-refractivity contribution >= 4 is 11.8 Å². The van der Waals surface area contributed by atoms with Gasteiger partial charge in [-0.2, -0.15) is 0 Å². The summed E-state index contributed by atoms with van der Waals surface area (Å²) in [7, 11) is 0. The van der Waals surface area contributed by atoms with Gasteiger partial charge in [0.25, 0.3) is 0 Å². The van der Waals surface area contributed by atoms with Crippen LogP contribution in [0.4, 0.5) is 0 Å². The third-order valence-electron chi connectivity index (χ3n) is 3.86. The number of carbonyl (C=O) groups is 2. The van der Waals surface area contributed by atoms with Crippen molar-refractivity contribution in [3.8, 4) is 0 Å². The molecule has 0 spiro atoms. The van der Waals surface area contributed by atoms with Crippen molar-refractivity contribution in [1.29, 1.82) is 0 Å². The largest absolute Gasteiger partial charge is 0.378 e. The Bertz CT molecular complexity index is 324. The van der Waals surface area contributed by atoms with Crippen LogP contribution in [0.15, 0.2) is 0 Å². The van der Waals surface area contributed by atoms with Crippen LogP contribution >= 0.6 is 0 Å². The second-order valence-corrected chi connectivity index (χ2v) is 5.43. The minimum Gasteiger partial charge on any atom is -0.378 e. The summed E-state index contributed by atoms with van der Waals surface area (Å²) in [5.74, 6) is -0.0818. The summed E-state index contributed by atoms with van der Waals surface area (Å²) in [5, 5.41) is 5.95. The first-order chi connectivity index (χ1) is 9.75. The van der Waals surface area contributed by atoms with Crippen LogP contribution in [0.3, 0.4) is 0 Å². The minimum atomic E-state index is -0.105. The van der Waals surface area contributed by atoms with Crippen molar-refractivity contribution in [2.75, 3.05) is 39.3 Å². The number of amides is 2. The van der Waals surface area contributed by atoms with Crippen LogP contribution in [0.5, 0.6) is 0 Å². The van der Waals surface area contributed by atoms with E-state index in [0.717, 1.165) is 51.9 Å². The average Bonchev–Trinajstić information content (AvgIpc) is 3.00. The van der Waals surface area contributed by atoms with E-state index >= 15 is 0 Å². The number of ether oxygens (including phenoxy) is 1. The van der Waals surface area contributed by atoms with Crippen molar-refractivity contribution in [2.45, 2.75) is 38.2 Å². The maximum atomic E-state index is 11.7. The fraction of sp³-hybridized carbons (Fsp3) is 0.857. The lowest BCUT2D eigenvalue weighted by Crippen LogP contribution is -2.39. The molecule has 0 radical (unpaired) electrons. The van der Waals surface area contributed by atoms with Gasteiger partial charge in [0.15, 0.2) is 0 Å². The summed E-state index contributed by atoms with van der Waals surface area (Å²) in [6.07, 6.45) is 4.77. The molecule has 6 heteroatoms. The standard InChI is InChI=1S/C14H25N3O3/c18-13(5-10-20-12-3-6-15-7-4-12)16-11-14(19)17-8-1-2-9-17/h12,15H,1-11H2,(H,16,18). The summed E-state index contributed by atoms with van der Waals surface area (Å²) >= 11 is 0. The zero-order valence-electron chi connectivity index (χ0n) is 12.0. The SMILES string of the molecule is O=C(CCOC1CCNCC1)NCC(=O)N1CCCC1. The minimum absolute atomic E-state index is 0.0233. The molecule has 2 amide bonds. The highest BCUT2D eigenvalue weighted by Gasteiger charge is 2.18. The molecule has 114 valence electrons. The van der Waals surface area contributed by atoms with Crippen LogP contribution < -0.4 is 10.6 Å². The van der Waals surface area contributed by atoms with Crippen molar-refractivity contribution in [1.82, 2.24) is 15.5 Å². The van der Waals surface area contributed by atoms with Crippen LogP contribution in [0, 0.1) is 0 Å². The summed E-state index contributed by atoms with van der Waals surface area (Å²) in [6, 6.07) is 0. The van der Waals surface area contributed by atoms with E-state index in [-0.39, 0.29) is 24.5 Å². The lowest BCUT2D eigenvalue weighted by molar-refractivity contribution is -0.132. The van der Waals surface area contributed by atoms with Gasteiger partial charge in [-0.15, -0.1) is 0 Å². The van der Waals surface area contributed by atoms with E-state index in [1.165, 1.54) is 0 Å². The van der Waals surface area contributed by atoms with E-state index in [1.807, 2.05) is 4.90 Å². The summed E-state index contributed by atoms with van der Waals surface area (Å²) in [6.45, 7) is 4.18. The predicted molar refractivity (Wildman–Crippen MR) is 75.3 cm³/mol. The third kappa shape index (κ3) is 5.09. The zero-order chi connectivity index (χ0) is 14.2. The molecular formula is C14H25N3O3. The highest BCUT2D eigenvalue weighted by molar-refractivity contribution is 5.84. The fourth-order valence-corrected chi connectivity index (χ4v) is 2.62. The van der Waals surface area contributed by atoms with Crippen LogP contribution in [0.25, 0.3) is 0 Å². The van der Waals surface area contributed by atoms with Crippen molar-refractivity contribution in [3.63, 3.8) is 0 Å². The Morgan fingerprint density at radius 3 is 2.60 bits per heavy atom. The lowest BCUT2D eigenvalue weighted by atomic mass is 10.1. The van der Waals surface area contributed by atoms with Gasteiger partial charge in [0.2, 0.25) is 11.8 Å². The molecule has 0 saturated carbocycles. The van der Waals surface area contributed by atoms with Crippen LogP contribution in [0.2, 0.25) is 0 Å². The highest BCUT2D eigenvalue weighted by atomic mass is 16.5. The predicted octanol–water partition coefficient (Wildman–Crippen LogP) is -0.116.